The predicted molar refractivity (Wildman–Crippen MR) is 53.8 cm³/mol. The van der Waals surface area contributed by atoms with Crippen LogP contribution < -0.4 is 5.73 Å². The SMILES string of the molecule is NC(=O)c1ccc(SC(=O)O)c(C(F)(F)F)c1. The molecule has 17 heavy (non-hydrogen) atoms. The quantitative estimate of drug-likeness (QED) is 0.805. The lowest BCUT2D eigenvalue weighted by atomic mass is 10.1. The molecule has 1 aromatic rings. The third kappa shape index (κ3) is 3.38. The Hall–Kier alpha value is -1.70. The minimum Gasteiger partial charge on any atom is -0.473 e. The van der Waals surface area contributed by atoms with E-state index in [1.54, 1.807) is 0 Å². The summed E-state index contributed by atoms with van der Waals surface area (Å²) in [5.41, 5.74) is 3.33. The van der Waals surface area contributed by atoms with Gasteiger partial charge in [-0.05, 0) is 30.0 Å². The molecule has 8 heteroatoms. The van der Waals surface area contributed by atoms with E-state index in [1.807, 2.05) is 0 Å². The number of rotatable bonds is 2. The number of nitrogens with two attached hydrogens (primary N) is 1. The third-order valence-corrected chi connectivity index (χ3v) is 2.52. The first-order valence-electron chi connectivity index (χ1n) is 4.13. The van der Waals surface area contributed by atoms with Crippen LogP contribution in [0.15, 0.2) is 23.1 Å². The number of benzene rings is 1. The summed E-state index contributed by atoms with van der Waals surface area (Å²) in [5.74, 6) is -1.01. The van der Waals surface area contributed by atoms with Crippen LogP contribution in [0.3, 0.4) is 0 Å². The fourth-order valence-electron chi connectivity index (χ4n) is 1.09. The summed E-state index contributed by atoms with van der Waals surface area (Å²) < 4.78 is 37.8. The van der Waals surface area contributed by atoms with Gasteiger partial charge >= 0.3 is 11.5 Å². The van der Waals surface area contributed by atoms with E-state index in [4.69, 9.17) is 10.8 Å². The minimum atomic E-state index is -4.75. The largest absolute Gasteiger partial charge is 0.473 e. The Labute approximate surface area is 97.6 Å². The Kier molecular flexibility index (Phi) is 3.66. The van der Waals surface area contributed by atoms with E-state index in [-0.39, 0.29) is 17.3 Å². The van der Waals surface area contributed by atoms with Crippen LogP contribution in [0.25, 0.3) is 0 Å². The number of halogens is 3. The van der Waals surface area contributed by atoms with E-state index in [0.29, 0.717) is 6.07 Å². The van der Waals surface area contributed by atoms with Gasteiger partial charge in [0.25, 0.3) is 0 Å². The number of alkyl halides is 3. The van der Waals surface area contributed by atoms with Gasteiger partial charge in [0, 0.05) is 10.5 Å². The number of carbonyl (C=O) groups is 2. The Balaban J connectivity index is 3.31. The van der Waals surface area contributed by atoms with Gasteiger partial charge in [0.15, 0.2) is 0 Å². The maximum absolute atomic E-state index is 12.6. The zero-order chi connectivity index (χ0) is 13.2. The van der Waals surface area contributed by atoms with Crippen molar-refractivity contribution in [1.29, 1.82) is 0 Å². The van der Waals surface area contributed by atoms with Crippen molar-refractivity contribution in [2.75, 3.05) is 0 Å². The van der Waals surface area contributed by atoms with Gasteiger partial charge in [-0.15, -0.1) is 0 Å². The second-order valence-corrected chi connectivity index (χ2v) is 3.93. The topological polar surface area (TPSA) is 80.4 Å². The molecule has 0 aromatic heterocycles. The molecule has 1 amide bonds. The van der Waals surface area contributed by atoms with Gasteiger partial charge in [0.1, 0.15) is 0 Å². The molecule has 0 radical (unpaired) electrons. The van der Waals surface area contributed by atoms with Gasteiger partial charge in [0.05, 0.1) is 5.56 Å². The zero-order valence-corrected chi connectivity index (χ0v) is 8.93. The number of thioether (sulfide) groups is 1. The molecule has 0 bridgehead atoms. The first-order valence-corrected chi connectivity index (χ1v) is 4.95. The maximum Gasteiger partial charge on any atom is 0.417 e. The maximum atomic E-state index is 12.6. The molecular weight excluding hydrogens is 259 g/mol. The highest BCUT2D eigenvalue weighted by molar-refractivity contribution is 8.13. The number of carboxylic acid groups (broad SMARTS) is 1. The Morgan fingerprint density at radius 3 is 2.29 bits per heavy atom. The molecule has 1 aromatic carbocycles. The summed E-state index contributed by atoms with van der Waals surface area (Å²) in [5, 5.41) is 6.97. The standard InChI is InChI=1S/C9H6F3NO3S/c10-9(11,12)5-3-4(7(13)14)1-2-6(5)17-8(15)16/h1-3H,(H2,13,14)(H,15,16). The van der Waals surface area contributed by atoms with Crippen molar-refractivity contribution in [3.8, 4) is 0 Å². The van der Waals surface area contributed by atoms with Crippen LogP contribution in [0.1, 0.15) is 15.9 Å². The average Bonchev–Trinajstić information content (AvgIpc) is 2.15. The molecule has 0 fully saturated rings. The zero-order valence-electron chi connectivity index (χ0n) is 8.12. The molecule has 3 N–H and O–H groups in total. The van der Waals surface area contributed by atoms with Crippen molar-refractivity contribution >= 4 is 23.0 Å². The van der Waals surface area contributed by atoms with E-state index >= 15 is 0 Å². The van der Waals surface area contributed by atoms with Crippen LogP contribution in [0.5, 0.6) is 0 Å². The molecule has 0 unspecified atom stereocenters. The van der Waals surface area contributed by atoms with Gasteiger partial charge in [-0.25, -0.2) is 4.79 Å². The summed E-state index contributed by atoms with van der Waals surface area (Å²) in [6, 6.07) is 2.48. The van der Waals surface area contributed by atoms with Crippen LogP contribution in [0.4, 0.5) is 18.0 Å². The van der Waals surface area contributed by atoms with E-state index < -0.39 is 27.8 Å². The van der Waals surface area contributed by atoms with Crippen molar-refractivity contribution in [1.82, 2.24) is 0 Å². The normalized spacial score (nSPS) is 11.2. The molecule has 0 heterocycles. The van der Waals surface area contributed by atoms with Crippen molar-refractivity contribution < 1.29 is 27.9 Å². The van der Waals surface area contributed by atoms with Crippen molar-refractivity contribution in [3.63, 3.8) is 0 Å². The monoisotopic (exact) mass is 265 g/mol. The molecular formula is C9H6F3NO3S. The Morgan fingerprint density at radius 1 is 1.29 bits per heavy atom. The van der Waals surface area contributed by atoms with Crippen LogP contribution in [-0.4, -0.2) is 16.3 Å². The van der Waals surface area contributed by atoms with Crippen LogP contribution >= 0.6 is 11.8 Å². The molecule has 0 spiro atoms. The molecule has 0 aliphatic heterocycles. The lowest BCUT2D eigenvalue weighted by molar-refractivity contribution is -0.139. The molecule has 0 saturated carbocycles. The number of amides is 1. The molecule has 92 valence electrons. The summed E-state index contributed by atoms with van der Waals surface area (Å²) in [6.45, 7) is 0. The van der Waals surface area contributed by atoms with Crippen molar-refractivity contribution in [2.24, 2.45) is 5.73 Å². The van der Waals surface area contributed by atoms with Gasteiger partial charge in [0.2, 0.25) is 5.91 Å². The predicted octanol–water partition coefficient (Wildman–Crippen LogP) is 2.57. The smallest absolute Gasteiger partial charge is 0.417 e. The molecule has 1 rings (SSSR count). The highest BCUT2D eigenvalue weighted by Crippen LogP contribution is 2.37. The highest BCUT2D eigenvalue weighted by atomic mass is 32.2. The van der Waals surface area contributed by atoms with Crippen LogP contribution in [0.2, 0.25) is 0 Å². The summed E-state index contributed by atoms with van der Waals surface area (Å²) in [6.07, 6.45) is -4.75. The number of primary amides is 1. The van der Waals surface area contributed by atoms with E-state index in [2.05, 4.69) is 0 Å². The molecule has 0 aliphatic rings. The summed E-state index contributed by atoms with van der Waals surface area (Å²) >= 11 is 0.0169. The molecule has 4 nitrogen and oxygen atoms in total. The summed E-state index contributed by atoms with van der Waals surface area (Å²) in [7, 11) is 0. The van der Waals surface area contributed by atoms with E-state index in [1.165, 1.54) is 0 Å². The number of hydrogen-bond donors (Lipinski definition) is 2. The lowest BCUT2D eigenvalue weighted by Crippen LogP contribution is -2.14. The fraction of sp³-hybridized carbons (Fsp3) is 0.111. The van der Waals surface area contributed by atoms with Gasteiger partial charge < -0.3 is 10.8 Å². The second kappa shape index (κ2) is 4.66. The summed E-state index contributed by atoms with van der Waals surface area (Å²) in [4.78, 5) is 20.6. The molecule has 0 aliphatic carbocycles. The van der Waals surface area contributed by atoms with Crippen LogP contribution in [-0.2, 0) is 6.18 Å². The second-order valence-electron chi connectivity index (χ2n) is 2.94. The van der Waals surface area contributed by atoms with Crippen LogP contribution in [0, 0.1) is 0 Å². The Bertz CT molecular complexity index is 473. The average molecular weight is 265 g/mol. The molecule has 0 saturated heterocycles. The lowest BCUT2D eigenvalue weighted by Gasteiger charge is -2.11. The van der Waals surface area contributed by atoms with Crippen molar-refractivity contribution in [3.05, 3.63) is 29.3 Å². The van der Waals surface area contributed by atoms with Gasteiger partial charge in [-0.3, -0.25) is 4.79 Å². The Morgan fingerprint density at radius 2 is 1.88 bits per heavy atom. The van der Waals surface area contributed by atoms with E-state index in [9.17, 15) is 22.8 Å². The van der Waals surface area contributed by atoms with Gasteiger partial charge in [-0.1, -0.05) is 0 Å². The first kappa shape index (κ1) is 13.4. The minimum absolute atomic E-state index is 0.0169. The highest BCUT2D eigenvalue weighted by Gasteiger charge is 2.34. The van der Waals surface area contributed by atoms with Gasteiger partial charge in [-0.2, -0.15) is 13.2 Å². The molecule has 0 atom stereocenters. The third-order valence-electron chi connectivity index (χ3n) is 1.77. The number of carbonyl (C=O) groups excluding carboxylic acids is 1. The number of hydrogen-bond acceptors (Lipinski definition) is 3. The van der Waals surface area contributed by atoms with Crippen molar-refractivity contribution in [2.45, 2.75) is 11.1 Å². The van der Waals surface area contributed by atoms with E-state index in [0.717, 1.165) is 12.1 Å². The first-order chi connectivity index (χ1) is 7.71. The fourth-order valence-corrected chi connectivity index (χ4v) is 1.70.